The number of aliphatic hydroxyl groups excluding tert-OH is 1. The first-order valence-corrected chi connectivity index (χ1v) is 7.47. The van der Waals surface area contributed by atoms with E-state index in [1.54, 1.807) is 17.4 Å². The molecule has 1 aromatic heterocycles. The summed E-state index contributed by atoms with van der Waals surface area (Å²) in [5, 5.41) is 12.8. The number of rotatable bonds is 5. The minimum Gasteiger partial charge on any atom is -0.392 e. The maximum atomic E-state index is 13.0. The maximum absolute atomic E-state index is 13.0. The molecule has 0 saturated heterocycles. The summed E-state index contributed by atoms with van der Waals surface area (Å²) >= 11 is 3.02. The van der Waals surface area contributed by atoms with E-state index in [0.29, 0.717) is 12.2 Å². The molecule has 1 heterocycles. The van der Waals surface area contributed by atoms with Crippen molar-refractivity contribution in [3.8, 4) is 0 Å². The molecule has 2 nitrogen and oxygen atoms in total. The standard InChI is InChI=1S/C13H14FNOS2/c1-9-7-18-13(15-9)6-11(16)8-17-12-4-2-3-10(14)5-12/h2-5,7,11,16H,6,8H2,1H3. The molecule has 1 atom stereocenters. The van der Waals surface area contributed by atoms with Gasteiger partial charge in [0.15, 0.2) is 0 Å². The number of hydrogen-bond donors (Lipinski definition) is 1. The summed E-state index contributed by atoms with van der Waals surface area (Å²) in [6.45, 7) is 1.94. The smallest absolute Gasteiger partial charge is 0.124 e. The molecule has 18 heavy (non-hydrogen) atoms. The number of aliphatic hydroxyl groups is 1. The third-order valence-corrected chi connectivity index (χ3v) is 4.44. The van der Waals surface area contributed by atoms with Gasteiger partial charge < -0.3 is 5.11 Å². The molecule has 0 spiro atoms. The predicted molar refractivity (Wildman–Crippen MR) is 73.7 cm³/mol. The molecule has 0 aliphatic carbocycles. The zero-order valence-corrected chi connectivity index (χ0v) is 11.6. The SMILES string of the molecule is Cc1csc(CC(O)CSc2cccc(F)c2)n1. The summed E-state index contributed by atoms with van der Waals surface area (Å²) in [4.78, 5) is 5.15. The van der Waals surface area contributed by atoms with Crippen LogP contribution in [0.2, 0.25) is 0 Å². The van der Waals surface area contributed by atoms with Gasteiger partial charge in [0.25, 0.3) is 0 Å². The molecule has 0 aliphatic heterocycles. The lowest BCUT2D eigenvalue weighted by Gasteiger charge is -2.08. The maximum Gasteiger partial charge on any atom is 0.124 e. The van der Waals surface area contributed by atoms with Crippen LogP contribution in [0.3, 0.4) is 0 Å². The van der Waals surface area contributed by atoms with Crippen LogP contribution < -0.4 is 0 Å². The lowest BCUT2D eigenvalue weighted by molar-refractivity contribution is 0.200. The van der Waals surface area contributed by atoms with Crippen molar-refractivity contribution in [2.75, 3.05) is 5.75 Å². The number of nitrogens with zero attached hydrogens (tertiary/aromatic N) is 1. The molecule has 2 aromatic rings. The first-order valence-electron chi connectivity index (χ1n) is 5.61. The van der Waals surface area contributed by atoms with E-state index in [1.807, 2.05) is 18.4 Å². The van der Waals surface area contributed by atoms with Crippen LogP contribution in [0.4, 0.5) is 4.39 Å². The molecule has 0 fully saturated rings. The predicted octanol–water partition coefficient (Wildman–Crippen LogP) is 3.29. The van der Waals surface area contributed by atoms with Crippen molar-refractivity contribution in [2.24, 2.45) is 0 Å². The summed E-state index contributed by atoms with van der Waals surface area (Å²) < 4.78 is 13.0. The van der Waals surface area contributed by atoms with Crippen molar-refractivity contribution in [3.05, 3.63) is 46.2 Å². The molecule has 0 saturated carbocycles. The molecular weight excluding hydrogens is 269 g/mol. The topological polar surface area (TPSA) is 33.1 Å². The number of aromatic nitrogens is 1. The van der Waals surface area contributed by atoms with E-state index in [4.69, 9.17) is 0 Å². The van der Waals surface area contributed by atoms with Crippen LogP contribution in [-0.4, -0.2) is 21.9 Å². The Morgan fingerprint density at radius 1 is 1.50 bits per heavy atom. The highest BCUT2D eigenvalue weighted by molar-refractivity contribution is 7.99. The Bertz CT molecular complexity index is 515. The quantitative estimate of drug-likeness (QED) is 0.855. The van der Waals surface area contributed by atoms with Gasteiger partial charge in [0.2, 0.25) is 0 Å². The molecule has 5 heteroatoms. The van der Waals surface area contributed by atoms with Crippen LogP contribution in [0.25, 0.3) is 0 Å². The second kappa shape index (κ2) is 6.31. The Morgan fingerprint density at radius 3 is 3.00 bits per heavy atom. The lowest BCUT2D eigenvalue weighted by Crippen LogP contribution is -2.13. The highest BCUT2D eigenvalue weighted by Gasteiger charge is 2.09. The van der Waals surface area contributed by atoms with Gasteiger partial charge in [0.05, 0.1) is 11.1 Å². The Balaban J connectivity index is 1.83. The summed E-state index contributed by atoms with van der Waals surface area (Å²) in [5.41, 5.74) is 0.986. The number of thioether (sulfide) groups is 1. The largest absolute Gasteiger partial charge is 0.392 e. The molecule has 0 aliphatic rings. The van der Waals surface area contributed by atoms with Gasteiger partial charge in [-0.25, -0.2) is 9.37 Å². The molecule has 1 N–H and O–H groups in total. The van der Waals surface area contributed by atoms with Crippen LogP contribution in [0.5, 0.6) is 0 Å². The summed E-state index contributed by atoms with van der Waals surface area (Å²) in [5.74, 6) is 0.298. The van der Waals surface area contributed by atoms with Crippen molar-refractivity contribution < 1.29 is 9.50 Å². The number of aryl methyl sites for hydroxylation is 1. The Kier molecular flexibility index (Phi) is 4.74. The number of thiazole rings is 1. The summed E-state index contributed by atoms with van der Waals surface area (Å²) in [6, 6.07) is 6.41. The molecule has 0 bridgehead atoms. The van der Waals surface area contributed by atoms with Gasteiger partial charge in [0.1, 0.15) is 5.82 Å². The fourth-order valence-electron chi connectivity index (χ4n) is 1.51. The number of benzene rings is 1. The van der Waals surface area contributed by atoms with Crippen molar-refractivity contribution in [2.45, 2.75) is 24.3 Å². The van der Waals surface area contributed by atoms with Crippen molar-refractivity contribution in [1.82, 2.24) is 4.98 Å². The second-order valence-electron chi connectivity index (χ2n) is 4.01. The molecular formula is C13H14FNOS2. The van der Waals surface area contributed by atoms with Gasteiger partial charge >= 0.3 is 0 Å². The van der Waals surface area contributed by atoms with Gasteiger partial charge in [-0.3, -0.25) is 0 Å². The van der Waals surface area contributed by atoms with Gasteiger partial charge in [-0.1, -0.05) is 6.07 Å². The monoisotopic (exact) mass is 283 g/mol. The Morgan fingerprint density at radius 2 is 2.33 bits per heavy atom. The normalized spacial score (nSPS) is 12.6. The van der Waals surface area contributed by atoms with Crippen LogP contribution >= 0.6 is 23.1 Å². The lowest BCUT2D eigenvalue weighted by atomic mass is 10.3. The van der Waals surface area contributed by atoms with E-state index in [-0.39, 0.29) is 5.82 Å². The molecule has 1 unspecified atom stereocenters. The first-order chi connectivity index (χ1) is 8.63. The Hall–Kier alpha value is -0.910. The molecule has 1 aromatic carbocycles. The summed E-state index contributed by atoms with van der Waals surface area (Å²) in [6.07, 6.45) is 0.102. The minimum absolute atomic E-state index is 0.245. The minimum atomic E-state index is -0.455. The number of halogens is 1. The van der Waals surface area contributed by atoms with Crippen LogP contribution in [0.15, 0.2) is 34.5 Å². The third kappa shape index (κ3) is 4.08. The molecule has 0 radical (unpaired) electrons. The fourth-order valence-corrected chi connectivity index (χ4v) is 3.22. The summed E-state index contributed by atoms with van der Waals surface area (Å²) in [7, 11) is 0. The van der Waals surface area contributed by atoms with E-state index in [1.165, 1.54) is 23.9 Å². The van der Waals surface area contributed by atoms with E-state index in [2.05, 4.69) is 4.98 Å². The fraction of sp³-hybridized carbons (Fsp3) is 0.308. The average Bonchev–Trinajstić information content (AvgIpc) is 2.72. The molecule has 2 rings (SSSR count). The van der Waals surface area contributed by atoms with Gasteiger partial charge in [-0.05, 0) is 25.1 Å². The van der Waals surface area contributed by atoms with Crippen LogP contribution in [0, 0.1) is 12.7 Å². The van der Waals surface area contributed by atoms with Crippen LogP contribution in [0.1, 0.15) is 10.7 Å². The van der Waals surface area contributed by atoms with E-state index >= 15 is 0 Å². The molecule has 0 amide bonds. The highest BCUT2D eigenvalue weighted by atomic mass is 32.2. The van der Waals surface area contributed by atoms with Crippen molar-refractivity contribution >= 4 is 23.1 Å². The van der Waals surface area contributed by atoms with Gasteiger partial charge in [-0.2, -0.15) is 0 Å². The average molecular weight is 283 g/mol. The second-order valence-corrected chi connectivity index (χ2v) is 6.05. The zero-order valence-electron chi connectivity index (χ0n) is 9.97. The van der Waals surface area contributed by atoms with Crippen molar-refractivity contribution in [1.29, 1.82) is 0 Å². The Labute approximate surface area is 114 Å². The highest BCUT2D eigenvalue weighted by Crippen LogP contribution is 2.21. The number of hydrogen-bond acceptors (Lipinski definition) is 4. The third-order valence-electron chi connectivity index (χ3n) is 2.32. The zero-order chi connectivity index (χ0) is 13.0. The van der Waals surface area contributed by atoms with E-state index in [0.717, 1.165) is 15.6 Å². The van der Waals surface area contributed by atoms with Crippen molar-refractivity contribution in [3.63, 3.8) is 0 Å². The van der Waals surface area contributed by atoms with Gasteiger partial charge in [-0.15, -0.1) is 23.1 Å². The van der Waals surface area contributed by atoms with E-state index < -0.39 is 6.10 Å². The van der Waals surface area contributed by atoms with Crippen LogP contribution in [-0.2, 0) is 6.42 Å². The van der Waals surface area contributed by atoms with E-state index in [9.17, 15) is 9.50 Å². The first kappa shape index (κ1) is 13.5. The molecule has 96 valence electrons. The van der Waals surface area contributed by atoms with Gasteiger partial charge in [0, 0.05) is 28.1 Å².